The maximum atomic E-state index is 11.1. The second-order valence-electron chi connectivity index (χ2n) is 3.66. The predicted molar refractivity (Wildman–Crippen MR) is 65.9 cm³/mol. The lowest BCUT2D eigenvalue weighted by Crippen LogP contribution is -2.11. The average Bonchev–Trinajstić information content (AvgIpc) is 2.26. The third-order valence-corrected chi connectivity index (χ3v) is 2.72. The van der Waals surface area contributed by atoms with E-state index in [4.69, 9.17) is 16.7 Å². The van der Waals surface area contributed by atoms with Gasteiger partial charge in [-0.25, -0.2) is 0 Å². The molecule has 1 unspecified atom stereocenters. The SMILES string of the molecule is C=CCCCC(C(=O)O)c1ccc(Cl)cc1. The minimum Gasteiger partial charge on any atom is -0.481 e. The third kappa shape index (κ3) is 3.70. The van der Waals surface area contributed by atoms with E-state index in [0.29, 0.717) is 11.4 Å². The van der Waals surface area contributed by atoms with Gasteiger partial charge < -0.3 is 5.11 Å². The summed E-state index contributed by atoms with van der Waals surface area (Å²) in [5.74, 6) is -1.23. The first kappa shape index (κ1) is 12.8. The summed E-state index contributed by atoms with van der Waals surface area (Å²) in [6.07, 6.45) is 4.12. The highest BCUT2D eigenvalue weighted by molar-refractivity contribution is 6.30. The van der Waals surface area contributed by atoms with Crippen LogP contribution in [0.3, 0.4) is 0 Å². The van der Waals surface area contributed by atoms with Crippen LogP contribution in [0.1, 0.15) is 30.7 Å². The molecule has 0 aromatic heterocycles. The molecule has 0 radical (unpaired) electrons. The fourth-order valence-electron chi connectivity index (χ4n) is 1.59. The van der Waals surface area contributed by atoms with Crippen molar-refractivity contribution < 1.29 is 9.90 Å². The van der Waals surface area contributed by atoms with E-state index in [1.807, 2.05) is 0 Å². The molecule has 0 bridgehead atoms. The number of carbonyl (C=O) groups is 1. The molecular weight excluding hydrogens is 224 g/mol. The van der Waals surface area contributed by atoms with Crippen molar-refractivity contribution >= 4 is 17.6 Å². The molecule has 0 fully saturated rings. The van der Waals surface area contributed by atoms with Crippen LogP contribution in [-0.2, 0) is 4.79 Å². The highest BCUT2D eigenvalue weighted by Gasteiger charge is 2.18. The van der Waals surface area contributed by atoms with Crippen LogP contribution in [0.4, 0.5) is 0 Å². The average molecular weight is 239 g/mol. The summed E-state index contributed by atoms with van der Waals surface area (Å²) in [5, 5.41) is 9.76. The van der Waals surface area contributed by atoms with Gasteiger partial charge in [0.2, 0.25) is 0 Å². The summed E-state index contributed by atoms with van der Waals surface area (Å²) >= 11 is 5.76. The normalized spacial score (nSPS) is 12.1. The Labute approximate surface area is 101 Å². The van der Waals surface area contributed by atoms with Crippen molar-refractivity contribution in [2.24, 2.45) is 0 Å². The molecule has 16 heavy (non-hydrogen) atoms. The lowest BCUT2D eigenvalue weighted by Gasteiger charge is -2.12. The fraction of sp³-hybridized carbons (Fsp3) is 0.308. The topological polar surface area (TPSA) is 37.3 Å². The Morgan fingerprint density at radius 2 is 2.06 bits per heavy atom. The van der Waals surface area contributed by atoms with E-state index >= 15 is 0 Å². The van der Waals surface area contributed by atoms with Gasteiger partial charge in [0.25, 0.3) is 0 Å². The van der Waals surface area contributed by atoms with E-state index in [1.165, 1.54) is 0 Å². The first-order chi connectivity index (χ1) is 7.65. The summed E-state index contributed by atoms with van der Waals surface area (Å²) in [4.78, 5) is 11.1. The number of hydrogen-bond donors (Lipinski definition) is 1. The van der Waals surface area contributed by atoms with Gasteiger partial charge in [-0.15, -0.1) is 6.58 Å². The second kappa shape index (κ2) is 6.33. The molecule has 0 saturated carbocycles. The smallest absolute Gasteiger partial charge is 0.310 e. The largest absolute Gasteiger partial charge is 0.481 e. The van der Waals surface area contributed by atoms with Gasteiger partial charge in [-0.2, -0.15) is 0 Å². The van der Waals surface area contributed by atoms with Crippen molar-refractivity contribution in [1.82, 2.24) is 0 Å². The van der Waals surface area contributed by atoms with Gasteiger partial charge in [-0.05, 0) is 37.0 Å². The Kier molecular flexibility index (Phi) is 5.06. The third-order valence-electron chi connectivity index (χ3n) is 2.47. The van der Waals surface area contributed by atoms with Gasteiger partial charge in [0.05, 0.1) is 5.92 Å². The molecule has 0 spiro atoms. The van der Waals surface area contributed by atoms with Gasteiger partial charge in [0.15, 0.2) is 0 Å². The molecular formula is C13H15ClO2. The molecule has 0 aliphatic rings. The van der Waals surface area contributed by atoms with E-state index < -0.39 is 11.9 Å². The fourth-order valence-corrected chi connectivity index (χ4v) is 1.72. The maximum Gasteiger partial charge on any atom is 0.310 e. The molecule has 1 aromatic rings. The highest BCUT2D eigenvalue weighted by Crippen LogP contribution is 2.24. The Morgan fingerprint density at radius 1 is 1.44 bits per heavy atom. The van der Waals surface area contributed by atoms with E-state index in [9.17, 15) is 4.79 Å². The van der Waals surface area contributed by atoms with Crippen molar-refractivity contribution in [3.05, 3.63) is 47.5 Å². The Balaban J connectivity index is 2.73. The number of unbranched alkanes of at least 4 members (excludes halogenated alkanes) is 1. The number of allylic oxidation sites excluding steroid dienone is 1. The monoisotopic (exact) mass is 238 g/mol. The number of aliphatic carboxylic acids is 1. The van der Waals surface area contributed by atoms with Crippen LogP contribution in [0.15, 0.2) is 36.9 Å². The zero-order valence-electron chi connectivity index (χ0n) is 9.03. The van der Waals surface area contributed by atoms with Gasteiger partial charge in [-0.1, -0.05) is 29.8 Å². The summed E-state index contributed by atoms with van der Waals surface area (Å²) in [5.41, 5.74) is 0.806. The van der Waals surface area contributed by atoms with Crippen LogP contribution in [0.5, 0.6) is 0 Å². The molecule has 0 aliphatic carbocycles. The highest BCUT2D eigenvalue weighted by atomic mass is 35.5. The standard InChI is InChI=1S/C13H15ClO2/c1-2-3-4-5-12(13(15)16)10-6-8-11(14)9-7-10/h2,6-9,12H,1,3-5H2,(H,15,16). The molecule has 0 amide bonds. The van der Waals surface area contributed by atoms with Crippen molar-refractivity contribution in [1.29, 1.82) is 0 Å². The summed E-state index contributed by atoms with van der Waals surface area (Å²) in [6, 6.07) is 6.99. The van der Waals surface area contributed by atoms with E-state index in [1.54, 1.807) is 30.3 Å². The molecule has 0 heterocycles. The van der Waals surface area contributed by atoms with E-state index in [0.717, 1.165) is 18.4 Å². The summed E-state index contributed by atoms with van der Waals surface area (Å²) in [6.45, 7) is 3.62. The molecule has 2 nitrogen and oxygen atoms in total. The van der Waals surface area contributed by atoms with Crippen LogP contribution in [-0.4, -0.2) is 11.1 Å². The zero-order chi connectivity index (χ0) is 12.0. The number of halogens is 1. The Bertz CT molecular complexity index is 357. The molecule has 1 rings (SSSR count). The number of carboxylic acids is 1. The maximum absolute atomic E-state index is 11.1. The molecule has 3 heteroatoms. The first-order valence-electron chi connectivity index (χ1n) is 5.24. The molecule has 0 aliphatic heterocycles. The van der Waals surface area contributed by atoms with Crippen molar-refractivity contribution in [2.75, 3.05) is 0 Å². The van der Waals surface area contributed by atoms with Crippen LogP contribution < -0.4 is 0 Å². The van der Waals surface area contributed by atoms with Crippen LogP contribution in [0, 0.1) is 0 Å². The van der Waals surface area contributed by atoms with Crippen LogP contribution in [0.2, 0.25) is 5.02 Å². The zero-order valence-corrected chi connectivity index (χ0v) is 9.78. The summed E-state index contributed by atoms with van der Waals surface area (Å²) in [7, 11) is 0. The van der Waals surface area contributed by atoms with Crippen molar-refractivity contribution in [2.45, 2.75) is 25.2 Å². The number of benzene rings is 1. The van der Waals surface area contributed by atoms with Gasteiger partial charge in [-0.3, -0.25) is 4.79 Å². The lowest BCUT2D eigenvalue weighted by atomic mass is 9.94. The molecule has 1 atom stereocenters. The number of hydrogen-bond acceptors (Lipinski definition) is 1. The van der Waals surface area contributed by atoms with Crippen molar-refractivity contribution in [3.8, 4) is 0 Å². The quantitative estimate of drug-likeness (QED) is 0.604. The minimum atomic E-state index is -0.786. The van der Waals surface area contributed by atoms with E-state index in [-0.39, 0.29) is 0 Å². The predicted octanol–water partition coefficient (Wildman–Crippen LogP) is 3.86. The van der Waals surface area contributed by atoms with E-state index in [2.05, 4.69) is 6.58 Å². The van der Waals surface area contributed by atoms with Gasteiger partial charge in [0.1, 0.15) is 0 Å². The number of carboxylic acid groups (broad SMARTS) is 1. The molecule has 86 valence electrons. The van der Waals surface area contributed by atoms with Crippen molar-refractivity contribution in [3.63, 3.8) is 0 Å². The first-order valence-corrected chi connectivity index (χ1v) is 5.62. The number of rotatable bonds is 6. The minimum absolute atomic E-state index is 0.447. The van der Waals surface area contributed by atoms with Gasteiger partial charge in [0, 0.05) is 5.02 Å². The molecule has 1 N–H and O–H groups in total. The summed E-state index contributed by atoms with van der Waals surface area (Å²) < 4.78 is 0. The Morgan fingerprint density at radius 3 is 2.56 bits per heavy atom. The second-order valence-corrected chi connectivity index (χ2v) is 4.10. The van der Waals surface area contributed by atoms with Gasteiger partial charge >= 0.3 is 5.97 Å². The van der Waals surface area contributed by atoms with Crippen LogP contribution >= 0.6 is 11.6 Å². The molecule has 0 saturated heterocycles. The van der Waals surface area contributed by atoms with Crippen LogP contribution in [0.25, 0.3) is 0 Å². The molecule has 1 aromatic carbocycles. The lowest BCUT2D eigenvalue weighted by molar-refractivity contribution is -0.139. The Hall–Kier alpha value is -1.28.